The van der Waals surface area contributed by atoms with E-state index in [0.29, 0.717) is 10.6 Å². The molecule has 27 heavy (non-hydrogen) atoms. The number of carbonyl (C=O) groups is 2. The fourth-order valence-electron chi connectivity index (χ4n) is 2.73. The van der Waals surface area contributed by atoms with Gasteiger partial charge in [0, 0.05) is 11.4 Å². The van der Waals surface area contributed by atoms with E-state index in [1.165, 1.54) is 11.3 Å². The summed E-state index contributed by atoms with van der Waals surface area (Å²) in [4.78, 5) is 28.9. The highest BCUT2D eigenvalue weighted by atomic mass is 32.1. The largest absolute Gasteiger partial charge is 0.342 e. The standard InChI is InChI=1S/C20H16N4O2S/c25-19(12-21-20(26)18-6-3-11-27-18)23-14-7-9-15(10-8-14)24-13-22-16-4-1-2-5-17(16)24/h1-11,13H,12H2,(H,21,26)(H,23,25). The van der Waals surface area contributed by atoms with Crippen LogP contribution < -0.4 is 10.6 Å². The normalized spacial score (nSPS) is 10.7. The van der Waals surface area contributed by atoms with Gasteiger partial charge in [-0.1, -0.05) is 18.2 Å². The molecule has 0 aliphatic heterocycles. The molecule has 0 bridgehead atoms. The number of para-hydroxylation sites is 2. The minimum absolute atomic E-state index is 0.0787. The summed E-state index contributed by atoms with van der Waals surface area (Å²) in [5.74, 6) is -0.525. The first kappa shape index (κ1) is 17.0. The van der Waals surface area contributed by atoms with Gasteiger partial charge in [-0.15, -0.1) is 11.3 Å². The molecule has 0 saturated heterocycles. The molecule has 0 aliphatic rings. The second-order valence-corrected chi connectivity index (χ2v) is 6.81. The number of thiophene rings is 1. The molecule has 0 saturated carbocycles. The fraction of sp³-hybridized carbons (Fsp3) is 0.0500. The van der Waals surface area contributed by atoms with Crippen molar-refractivity contribution in [1.29, 1.82) is 0 Å². The SMILES string of the molecule is O=C(CNC(=O)c1cccs1)Nc1ccc(-n2cnc3ccccc32)cc1. The van der Waals surface area contributed by atoms with E-state index >= 15 is 0 Å². The van der Waals surface area contributed by atoms with Gasteiger partial charge in [0.25, 0.3) is 5.91 Å². The predicted octanol–water partition coefficient (Wildman–Crippen LogP) is 3.46. The minimum atomic E-state index is -0.277. The molecule has 0 fully saturated rings. The molecule has 0 radical (unpaired) electrons. The summed E-state index contributed by atoms with van der Waals surface area (Å²) < 4.78 is 1.99. The van der Waals surface area contributed by atoms with E-state index in [0.717, 1.165) is 16.7 Å². The molecule has 134 valence electrons. The number of aromatic nitrogens is 2. The van der Waals surface area contributed by atoms with Gasteiger partial charge in [-0.3, -0.25) is 14.2 Å². The Labute approximate surface area is 159 Å². The Morgan fingerprint density at radius 1 is 1.00 bits per heavy atom. The third-order valence-electron chi connectivity index (χ3n) is 4.04. The summed E-state index contributed by atoms with van der Waals surface area (Å²) in [6.45, 7) is -0.0787. The lowest BCUT2D eigenvalue weighted by molar-refractivity contribution is -0.115. The molecule has 2 amide bonds. The van der Waals surface area contributed by atoms with Crippen LogP contribution in [-0.4, -0.2) is 27.9 Å². The van der Waals surface area contributed by atoms with Gasteiger partial charge in [-0.2, -0.15) is 0 Å². The third kappa shape index (κ3) is 3.73. The van der Waals surface area contributed by atoms with Crippen LogP contribution in [0, 0.1) is 0 Å². The van der Waals surface area contributed by atoms with Gasteiger partial charge in [0.15, 0.2) is 0 Å². The Kier molecular flexibility index (Phi) is 4.67. The zero-order chi connectivity index (χ0) is 18.6. The summed E-state index contributed by atoms with van der Waals surface area (Å²) in [6, 6.07) is 18.9. The average molecular weight is 376 g/mol. The van der Waals surface area contributed by atoms with Crippen molar-refractivity contribution in [2.24, 2.45) is 0 Å². The van der Waals surface area contributed by atoms with Crippen molar-refractivity contribution in [1.82, 2.24) is 14.9 Å². The smallest absolute Gasteiger partial charge is 0.261 e. The highest BCUT2D eigenvalue weighted by molar-refractivity contribution is 7.12. The van der Waals surface area contributed by atoms with Gasteiger partial charge in [-0.05, 0) is 47.8 Å². The van der Waals surface area contributed by atoms with Crippen LogP contribution in [0.5, 0.6) is 0 Å². The van der Waals surface area contributed by atoms with E-state index in [9.17, 15) is 9.59 Å². The number of hydrogen-bond acceptors (Lipinski definition) is 4. The minimum Gasteiger partial charge on any atom is -0.342 e. The fourth-order valence-corrected chi connectivity index (χ4v) is 3.37. The topological polar surface area (TPSA) is 76.0 Å². The molecule has 7 heteroatoms. The van der Waals surface area contributed by atoms with Crippen molar-refractivity contribution in [3.63, 3.8) is 0 Å². The van der Waals surface area contributed by atoms with Crippen LogP contribution in [-0.2, 0) is 4.79 Å². The summed E-state index contributed by atoms with van der Waals surface area (Å²) in [5.41, 5.74) is 3.56. The summed E-state index contributed by atoms with van der Waals surface area (Å²) in [6.07, 6.45) is 1.78. The number of nitrogens with one attached hydrogen (secondary N) is 2. The van der Waals surface area contributed by atoms with E-state index < -0.39 is 0 Å². The molecular weight excluding hydrogens is 360 g/mol. The van der Waals surface area contributed by atoms with E-state index in [1.807, 2.05) is 58.5 Å². The van der Waals surface area contributed by atoms with E-state index in [4.69, 9.17) is 0 Å². The molecular formula is C20H16N4O2S. The van der Waals surface area contributed by atoms with Gasteiger partial charge < -0.3 is 10.6 Å². The van der Waals surface area contributed by atoms with Crippen LogP contribution in [0.15, 0.2) is 72.4 Å². The average Bonchev–Trinajstić information content (AvgIpc) is 3.37. The summed E-state index contributed by atoms with van der Waals surface area (Å²) in [5, 5.41) is 7.20. The lowest BCUT2D eigenvalue weighted by atomic mass is 10.2. The maximum absolute atomic E-state index is 12.0. The number of fused-ring (bicyclic) bond motifs is 1. The summed E-state index contributed by atoms with van der Waals surface area (Å²) >= 11 is 1.34. The van der Waals surface area contributed by atoms with Gasteiger partial charge >= 0.3 is 0 Å². The number of nitrogens with zero attached hydrogens (tertiary/aromatic N) is 2. The van der Waals surface area contributed by atoms with Crippen molar-refractivity contribution in [3.05, 3.63) is 77.2 Å². The van der Waals surface area contributed by atoms with Crippen molar-refractivity contribution in [2.75, 3.05) is 11.9 Å². The number of rotatable bonds is 5. The van der Waals surface area contributed by atoms with E-state index in [1.54, 1.807) is 18.5 Å². The Morgan fingerprint density at radius 3 is 2.59 bits per heavy atom. The molecule has 6 nitrogen and oxygen atoms in total. The van der Waals surface area contributed by atoms with Gasteiger partial charge in [0.2, 0.25) is 5.91 Å². The quantitative estimate of drug-likeness (QED) is 0.560. The van der Waals surface area contributed by atoms with Crippen LogP contribution in [0.2, 0.25) is 0 Å². The third-order valence-corrected chi connectivity index (χ3v) is 4.91. The van der Waals surface area contributed by atoms with Crippen LogP contribution in [0.25, 0.3) is 16.7 Å². The first-order valence-corrected chi connectivity index (χ1v) is 9.23. The predicted molar refractivity (Wildman–Crippen MR) is 106 cm³/mol. The lowest BCUT2D eigenvalue weighted by Gasteiger charge is -2.08. The van der Waals surface area contributed by atoms with Gasteiger partial charge in [0.1, 0.15) is 6.33 Å². The molecule has 0 aliphatic carbocycles. The lowest BCUT2D eigenvalue weighted by Crippen LogP contribution is -2.32. The molecule has 4 aromatic rings. The molecule has 0 unspecified atom stereocenters. The number of imidazole rings is 1. The molecule has 2 aromatic heterocycles. The number of hydrogen-bond donors (Lipinski definition) is 2. The molecule has 0 spiro atoms. The molecule has 2 heterocycles. The molecule has 0 atom stereocenters. The second-order valence-electron chi connectivity index (χ2n) is 5.86. The van der Waals surface area contributed by atoms with Crippen LogP contribution >= 0.6 is 11.3 Å². The Bertz CT molecular complexity index is 1080. The molecule has 2 N–H and O–H groups in total. The van der Waals surface area contributed by atoms with Crippen molar-refractivity contribution in [2.45, 2.75) is 0 Å². The van der Waals surface area contributed by atoms with Crippen LogP contribution in [0.1, 0.15) is 9.67 Å². The summed E-state index contributed by atoms with van der Waals surface area (Å²) in [7, 11) is 0. The maximum atomic E-state index is 12.0. The highest BCUT2D eigenvalue weighted by Gasteiger charge is 2.09. The van der Waals surface area contributed by atoms with Crippen molar-refractivity contribution >= 4 is 39.9 Å². The Morgan fingerprint density at radius 2 is 1.81 bits per heavy atom. The van der Waals surface area contributed by atoms with E-state index in [-0.39, 0.29) is 18.4 Å². The van der Waals surface area contributed by atoms with E-state index in [2.05, 4.69) is 15.6 Å². The molecule has 4 rings (SSSR count). The number of benzene rings is 2. The van der Waals surface area contributed by atoms with Crippen LogP contribution in [0.3, 0.4) is 0 Å². The second kappa shape index (κ2) is 7.43. The highest BCUT2D eigenvalue weighted by Crippen LogP contribution is 2.19. The first-order chi connectivity index (χ1) is 13.2. The zero-order valence-corrected chi connectivity index (χ0v) is 15.1. The number of carbonyl (C=O) groups excluding carboxylic acids is 2. The maximum Gasteiger partial charge on any atom is 0.261 e. The molecule has 2 aromatic carbocycles. The number of amides is 2. The first-order valence-electron chi connectivity index (χ1n) is 8.35. The van der Waals surface area contributed by atoms with Crippen molar-refractivity contribution < 1.29 is 9.59 Å². The van der Waals surface area contributed by atoms with Gasteiger partial charge in [0.05, 0.1) is 22.5 Å². The Hall–Kier alpha value is -3.45. The monoisotopic (exact) mass is 376 g/mol. The Balaban J connectivity index is 1.39. The zero-order valence-electron chi connectivity index (χ0n) is 14.3. The van der Waals surface area contributed by atoms with Gasteiger partial charge in [-0.25, -0.2) is 4.98 Å². The van der Waals surface area contributed by atoms with Crippen LogP contribution in [0.4, 0.5) is 5.69 Å². The number of anilines is 1. The van der Waals surface area contributed by atoms with Crippen molar-refractivity contribution in [3.8, 4) is 5.69 Å².